The van der Waals surface area contributed by atoms with E-state index in [1.54, 1.807) is 14.2 Å². The van der Waals surface area contributed by atoms with Gasteiger partial charge in [0.1, 0.15) is 12.5 Å². The van der Waals surface area contributed by atoms with Crippen molar-refractivity contribution in [3.8, 4) is 5.75 Å². The van der Waals surface area contributed by atoms with Gasteiger partial charge >= 0.3 is 0 Å². The number of methoxy groups -OCH3 is 1. The van der Waals surface area contributed by atoms with E-state index in [9.17, 15) is 13.2 Å². The number of para-hydroxylation sites is 1. The molecule has 0 fully saturated rings. The van der Waals surface area contributed by atoms with Crippen LogP contribution in [0.15, 0.2) is 54.9 Å². The number of nitrogens with zero attached hydrogens (tertiary/aromatic N) is 1. The Balaban J connectivity index is 0.00000195. The van der Waals surface area contributed by atoms with Crippen molar-refractivity contribution in [2.75, 3.05) is 27.0 Å². The van der Waals surface area contributed by atoms with Crippen molar-refractivity contribution in [2.45, 2.75) is 26.3 Å². The summed E-state index contributed by atoms with van der Waals surface area (Å²) < 4.78 is 34.9. The summed E-state index contributed by atoms with van der Waals surface area (Å²) >= 11 is 0. The number of unbranched alkanes of at least 4 members (excludes halogenated alkanes) is 1. The summed E-state index contributed by atoms with van der Waals surface area (Å²) in [5, 5.41) is 4.76. The normalized spacial score (nSPS) is 12.1. The third kappa shape index (κ3) is 6.32. The molecule has 0 aliphatic rings. The van der Waals surface area contributed by atoms with Gasteiger partial charge in [0.15, 0.2) is 0 Å². The Kier molecular flexibility index (Phi) is 9.49. The highest BCUT2D eigenvalue weighted by molar-refractivity contribution is 7.85. The largest absolute Gasteiger partial charge is 0.497 e. The van der Waals surface area contributed by atoms with Crippen LogP contribution in [0.3, 0.4) is 0 Å². The summed E-state index contributed by atoms with van der Waals surface area (Å²) in [5.41, 5.74) is 5.17. The monoisotopic (exact) mass is 539 g/mol. The number of nitrogens with one attached hydrogen (secondary N) is 2. The molecule has 0 unspecified atom stereocenters. The molecule has 0 spiro atoms. The minimum absolute atomic E-state index is 0.141. The summed E-state index contributed by atoms with van der Waals surface area (Å²) in [5.74, 6) is 0.519. The van der Waals surface area contributed by atoms with Gasteiger partial charge in [0, 0.05) is 58.9 Å². The van der Waals surface area contributed by atoms with Gasteiger partial charge in [-0.3, -0.25) is 8.98 Å². The second-order valence-corrected chi connectivity index (χ2v) is 10.3. The molecule has 1 amide bonds. The number of carbonyl (C=O) groups is 2. The van der Waals surface area contributed by atoms with E-state index >= 15 is 0 Å². The number of benzene rings is 2. The van der Waals surface area contributed by atoms with Gasteiger partial charge in [-0.1, -0.05) is 18.2 Å². The standard InChI is InChI=1S/C27H31N3O5S.CH2O/c1-18(22-16-29-24-10-6-5-9-20(22)24)26(27(31)28-2)23-17-30(13-7-8-14-35-36(4,32)33)25-12-11-19(34-3)15-21(23)25;1-2/h5-6,9-12,15-17,29H,7-8,13-14H2,1-4H3,(H,28,31);1H2/b26-18+;. The van der Waals surface area contributed by atoms with Gasteiger partial charge in [-0.05, 0) is 49.6 Å². The molecule has 0 saturated heterocycles. The van der Waals surface area contributed by atoms with Crippen LogP contribution in [0.1, 0.15) is 30.9 Å². The molecule has 10 heteroatoms. The Bertz CT molecular complexity index is 1570. The number of allylic oxidation sites excluding steroid dienone is 1. The number of hydrogen-bond donors (Lipinski definition) is 2. The van der Waals surface area contributed by atoms with Gasteiger partial charge in [0.05, 0.1) is 25.5 Å². The Morgan fingerprint density at radius 2 is 1.82 bits per heavy atom. The first kappa shape index (κ1) is 28.7. The SMILES string of the molecule is C=O.CNC(=O)/C(=C(\C)c1c[nH]c2ccccc12)c1cn(CCCCOS(C)(=O)=O)c2ccc(OC)cc12. The van der Waals surface area contributed by atoms with E-state index in [2.05, 4.69) is 14.9 Å². The molecule has 0 radical (unpaired) electrons. The van der Waals surface area contributed by atoms with E-state index in [-0.39, 0.29) is 12.5 Å². The molecule has 4 aromatic rings. The van der Waals surface area contributed by atoms with E-state index in [1.165, 1.54) is 0 Å². The highest BCUT2D eigenvalue weighted by atomic mass is 32.2. The van der Waals surface area contributed by atoms with Crippen LogP contribution in [0.25, 0.3) is 33.0 Å². The number of carbonyl (C=O) groups excluding carboxylic acids is 2. The second-order valence-electron chi connectivity index (χ2n) is 8.68. The molecule has 0 aliphatic carbocycles. The highest BCUT2D eigenvalue weighted by Crippen LogP contribution is 2.36. The van der Waals surface area contributed by atoms with Crippen LogP contribution in [0.2, 0.25) is 0 Å². The fraction of sp³-hybridized carbons (Fsp3) is 0.286. The Labute approximate surface area is 222 Å². The number of ether oxygens (including phenoxy) is 1. The number of aromatic nitrogens is 2. The third-order valence-corrected chi connectivity index (χ3v) is 6.87. The molecule has 0 bridgehead atoms. The van der Waals surface area contributed by atoms with Crippen molar-refractivity contribution in [1.29, 1.82) is 0 Å². The van der Waals surface area contributed by atoms with Crippen molar-refractivity contribution in [1.82, 2.24) is 14.9 Å². The predicted octanol–water partition coefficient (Wildman–Crippen LogP) is 4.38. The zero-order valence-electron chi connectivity index (χ0n) is 22.0. The number of rotatable bonds is 10. The zero-order chi connectivity index (χ0) is 27.9. The average molecular weight is 540 g/mol. The average Bonchev–Trinajstić information content (AvgIpc) is 3.50. The van der Waals surface area contributed by atoms with Crippen LogP contribution in [0.4, 0.5) is 0 Å². The molecule has 0 saturated carbocycles. The second kappa shape index (κ2) is 12.6. The molecular weight excluding hydrogens is 506 g/mol. The molecular formula is C28H33N3O6S. The maximum absolute atomic E-state index is 13.3. The van der Waals surface area contributed by atoms with E-state index in [0.717, 1.165) is 44.8 Å². The first-order chi connectivity index (χ1) is 18.2. The van der Waals surface area contributed by atoms with Crippen LogP contribution in [0, 0.1) is 0 Å². The molecule has 0 atom stereocenters. The van der Waals surface area contributed by atoms with E-state index in [0.29, 0.717) is 30.7 Å². The van der Waals surface area contributed by atoms with Crippen LogP contribution >= 0.6 is 0 Å². The Morgan fingerprint density at radius 3 is 2.50 bits per heavy atom. The molecule has 38 heavy (non-hydrogen) atoms. The topological polar surface area (TPSA) is 119 Å². The lowest BCUT2D eigenvalue weighted by atomic mass is 9.94. The Morgan fingerprint density at radius 1 is 1.08 bits per heavy atom. The number of aryl methyl sites for hydroxylation is 1. The van der Waals surface area contributed by atoms with Crippen LogP contribution in [0.5, 0.6) is 5.75 Å². The van der Waals surface area contributed by atoms with Gasteiger partial charge in [-0.25, -0.2) is 0 Å². The van der Waals surface area contributed by atoms with Gasteiger partial charge < -0.3 is 24.4 Å². The fourth-order valence-corrected chi connectivity index (χ4v) is 4.94. The minimum Gasteiger partial charge on any atom is -0.497 e. The van der Waals surface area contributed by atoms with Crippen molar-refractivity contribution in [2.24, 2.45) is 0 Å². The van der Waals surface area contributed by atoms with Crippen molar-refractivity contribution in [3.05, 3.63) is 66.0 Å². The van der Waals surface area contributed by atoms with Gasteiger partial charge in [0.25, 0.3) is 16.0 Å². The van der Waals surface area contributed by atoms with Gasteiger partial charge in [0.2, 0.25) is 0 Å². The predicted molar refractivity (Wildman–Crippen MR) is 150 cm³/mol. The summed E-state index contributed by atoms with van der Waals surface area (Å²) in [6.07, 6.45) is 6.28. The van der Waals surface area contributed by atoms with E-state index < -0.39 is 10.1 Å². The molecule has 4 rings (SSSR count). The maximum atomic E-state index is 13.3. The van der Waals surface area contributed by atoms with Crippen LogP contribution in [-0.4, -0.2) is 57.7 Å². The highest BCUT2D eigenvalue weighted by Gasteiger charge is 2.22. The number of amides is 1. The quantitative estimate of drug-likeness (QED) is 0.175. The van der Waals surface area contributed by atoms with Crippen molar-refractivity contribution in [3.63, 3.8) is 0 Å². The third-order valence-electron chi connectivity index (χ3n) is 6.27. The molecule has 202 valence electrons. The minimum atomic E-state index is -3.45. The molecule has 2 aromatic carbocycles. The first-order valence-corrected chi connectivity index (χ1v) is 13.8. The summed E-state index contributed by atoms with van der Waals surface area (Å²) in [7, 11) is -0.203. The van der Waals surface area contributed by atoms with Gasteiger partial charge in [-0.2, -0.15) is 8.42 Å². The molecule has 2 aromatic heterocycles. The molecule has 0 aliphatic heterocycles. The summed E-state index contributed by atoms with van der Waals surface area (Å²) in [6, 6.07) is 13.8. The number of aromatic amines is 1. The van der Waals surface area contributed by atoms with Gasteiger partial charge in [-0.15, -0.1) is 0 Å². The van der Waals surface area contributed by atoms with Crippen molar-refractivity contribution < 1.29 is 26.9 Å². The number of fused-ring (bicyclic) bond motifs is 2. The summed E-state index contributed by atoms with van der Waals surface area (Å²) in [4.78, 5) is 24.6. The molecule has 9 nitrogen and oxygen atoms in total. The Hall–Kier alpha value is -3.89. The lowest BCUT2D eigenvalue weighted by molar-refractivity contribution is -0.115. The van der Waals surface area contributed by atoms with Crippen molar-refractivity contribution >= 4 is 55.8 Å². The van der Waals surface area contributed by atoms with E-state index in [4.69, 9.17) is 13.7 Å². The fourth-order valence-electron chi connectivity index (χ4n) is 4.52. The summed E-state index contributed by atoms with van der Waals surface area (Å²) in [6.45, 7) is 4.75. The molecule has 2 heterocycles. The van der Waals surface area contributed by atoms with E-state index in [1.807, 2.05) is 68.6 Å². The van der Waals surface area contributed by atoms with Crippen LogP contribution in [-0.2, 0) is 30.4 Å². The lowest BCUT2D eigenvalue weighted by Crippen LogP contribution is -2.20. The maximum Gasteiger partial charge on any atom is 0.264 e. The smallest absolute Gasteiger partial charge is 0.264 e. The molecule has 2 N–H and O–H groups in total. The first-order valence-electron chi connectivity index (χ1n) is 12.0. The lowest BCUT2D eigenvalue weighted by Gasteiger charge is -2.11. The number of H-pyrrole nitrogens is 1. The number of hydrogen-bond acceptors (Lipinski definition) is 6. The van der Waals surface area contributed by atoms with Crippen LogP contribution < -0.4 is 10.1 Å². The number of likely N-dealkylation sites (N-methyl/N-ethyl adjacent to an activating group) is 1. The zero-order valence-corrected chi connectivity index (χ0v) is 22.9.